The average Bonchev–Trinajstić information content (AvgIpc) is 2.87. The summed E-state index contributed by atoms with van der Waals surface area (Å²) >= 11 is 2.15. The fourth-order valence-corrected chi connectivity index (χ4v) is 3.37. The van der Waals surface area contributed by atoms with E-state index >= 15 is 0 Å². The zero-order valence-corrected chi connectivity index (χ0v) is 13.5. The van der Waals surface area contributed by atoms with Crippen molar-refractivity contribution in [2.75, 3.05) is 4.43 Å². The molecule has 9 heteroatoms. The Balaban J connectivity index is 2.01. The SMILES string of the molecule is CC1(C)OC2C(CI)OC(n3cc(F)c(=O)[nH]c3=O)C2O1. The highest BCUT2D eigenvalue weighted by atomic mass is 127. The molecule has 0 radical (unpaired) electrons. The summed E-state index contributed by atoms with van der Waals surface area (Å²) in [5.74, 6) is -1.85. The van der Waals surface area contributed by atoms with E-state index in [0.29, 0.717) is 4.43 Å². The predicted molar refractivity (Wildman–Crippen MR) is 77.9 cm³/mol. The number of aromatic amines is 1. The fourth-order valence-electron chi connectivity index (χ4n) is 2.66. The van der Waals surface area contributed by atoms with Crippen molar-refractivity contribution in [3.8, 4) is 0 Å². The van der Waals surface area contributed by atoms with E-state index in [1.807, 2.05) is 4.98 Å². The number of ether oxygens (including phenoxy) is 3. The quantitative estimate of drug-likeness (QED) is 0.566. The highest BCUT2D eigenvalue weighted by Crippen LogP contribution is 2.42. The van der Waals surface area contributed by atoms with E-state index < -0.39 is 35.2 Å². The van der Waals surface area contributed by atoms with Crippen LogP contribution < -0.4 is 11.2 Å². The lowest BCUT2D eigenvalue weighted by Gasteiger charge is -2.24. The summed E-state index contributed by atoms with van der Waals surface area (Å²) in [5, 5.41) is 0. The summed E-state index contributed by atoms with van der Waals surface area (Å²) < 4.78 is 32.4. The van der Waals surface area contributed by atoms with Gasteiger partial charge in [0.2, 0.25) is 5.82 Å². The van der Waals surface area contributed by atoms with Gasteiger partial charge >= 0.3 is 5.69 Å². The molecule has 4 unspecified atom stereocenters. The lowest BCUT2D eigenvalue weighted by Crippen LogP contribution is -2.38. The van der Waals surface area contributed by atoms with E-state index in [1.54, 1.807) is 13.8 Å². The molecule has 7 nitrogen and oxygen atoms in total. The molecule has 2 aliphatic heterocycles. The van der Waals surface area contributed by atoms with Crippen molar-refractivity contribution in [3.05, 3.63) is 32.9 Å². The van der Waals surface area contributed by atoms with Crippen molar-refractivity contribution in [1.29, 1.82) is 0 Å². The topological polar surface area (TPSA) is 82.5 Å². The minimum atomic E-state index is -1.06. The summed E-state index contributed by atoms with van der Waals surface area (Å²) in [6.45, 7) is 3.53. The Bertz CT molecular complexity index is 672. The van der Waals surface area contributed by atoms with Crippen molar-refractivity contribution in [3.63, 3.8) is 0 Å². The molecule has 1 N–H and O–H groups in total. The Hall–Kier alpha value is -0.780. The van der Waals surface area contributed by atoms with E-state index in [9.17, 15) is 14.0 Å². The molecule has 0 aliphatic carbocycles. The van der Waals surface area contributed by atoms with Gasteiger partial charge in [-0.3, -0.25) is 14.3 Å². The Morgan fingerprint density at radius 3 is 2.71 bits per heavy atom. The van der Waals surface area contributed by atoms with Crippen molar-refractivity contribution < 1.29 is 18.6 Å². The molecule has 0 spiro atoms. The van der Waals surface area contributed by atoms with Crippen molar-refractivity contribution in [2.24, 2.45) is 0 Å². The summed E-state index contributed by atoms with van der Waals surface area (Å²) in [6.07, 6.45) is -1.15. The van der Waals surface area contributed by atoms with Gasteiger partial charge in [0.15, 0.2) is 12.0 Å². The summed E-state index contributed by atoms with van der Waals surface area (Å²) in [6, 6.07) is 0. The van der Waals surface area contributed by atoms with Crippen LogP contribution in [-0.4, -0.2) is 38.1 Å². The number of nitrogens with zero attached hydrogens (tertiary/aromatic N) is 1. The van der Waals surface area contributed by atoms with Crippen LogP contribution in [0.1, 0.15) is 20.1 Å². The molecule has 0 saturated carbocycles. The predicted octanol–water partition coefficient (Wildman–Crippen LogP) is 0.528. The van der Waals surface area contributed by atoms with E-state index in [2.05, 4.69) is 22.6 Å². The molecule has 0 bridgehead atoms. The first-order chi connectivity index (χ1) is 9.82. The maximum Gasteiger partial charge on any atom is 0.330 e. The summed E-state index contributed by atoms with van der Waals surface area (Å²) in [4.78, 5) is 24.9. The molecule has 116 valence electrons. The van der Waals surface area contributed by atoms with Gasteiger partial charge in [-0.25, -0.2) is 4.79 Å². The molecule has 4 atom stereocenters. The first-order valence-corrected chi connectivity index (χ1v) is 7.93. The minimum Gasteiger partial charge on any atom is -0.348 e. The summed E-state index contributed by atoms with van der Waals surface area (Å²) in [7, 11) is 0. The molecular weight excluding hydrogens is 398 g/mol. The van der Waals surface area contributed by atoms with E-state index in [4.69, 9.17) is 14.2 Å². The van der Waals surface area contributed by atoms with Crippen LogP contribution in [0.2, 0.25) is 0 Å². The van der Waals surface area contributed by atoms with Gasteiger partial charge in [0.05, 0.1) is 12.3 Å². The fraction of sp³-hybridized carbons (Fsp3) is 0.667. The van der Waals surface area contributed by atoms with Gasteiger partial charge in [-0.2, -0.15) is 4.39 Å². The van der Waals surface area contributed by atoms with E-state index in [0.717, 1.165) is 10.8 Å². The molecule has 3 heterocycles. The second-order valence-corrected chi connectivity index (χ2v) is 6.31. The van der Waals surface area contributed by atoms with Crippen LogP contribution in [0.15, 0.2) is 15.8 Å². The highest BCUT2D eigenvalue weighted by Gasteiger charge is 2.55. The minimum absolute atomic E-state index is 0.274. The van der Waals surface area contributed by atoms with Crippen LogP contribution in [-0.2, 0) is 14.2 Å². The van der Waals surface area contributed by atoms with Crippen LogP contribution in [0, 0.1) is 5.82 Å². The van der Waals surface area contributed by atoms with Gasteiger partial charge in [-0.15, -0.1) is 0 Å². The third-order valence-electron chi connectivity index (χ3n) is 3.48. The number of fused-ring (bicyclic) bond motifs is 1. The lowest BCUT2D eigenvalue weighted by molar-refractivity contribution is -0.194. The molecule has 1 aromatic rings. The Kier molecular flexibility index (Phi) is 3.71. The Morgan fingerprint density at radius 1 is 1.38 bits per heavy atom. The number of alkyl halides is 1. The van der Waals surface area contributed by atoms with Gasteiger partial charge < -0.3 is 14.2 Å². The van der Waals surface area contributed by atoms with Crippen LogP contribution >= 0.6 is 22.6 Å². The number of nitrogens with one attached hydrogen (secondary N) is 1. The Labute approximate surface area is 132 Å². The van der Waals surface area contributed by atoms with Gasteiger partial charge in [-0.1, -0.05) is 22.6 Å². The second kappa shape index (κ2) is 5.14. The second-order valence-electron chi connectivity index (χ2n) is 5.43. The maximum atomic E-state index is 13.5. The maximum absolute atomic E-state index is 13.5. The first kappa shape index (κ1) is 15.1. The molecule has 1 aromatic heterocycles. The van der Waals surface area contributed by atoms with Crippen molar-refractivity contribution in [2.45, 2.75) is 44.2 Å². The largest absolute Gasteiger partial charge is 0.348 e. The monoisotopic (exact) mass is 412 g/mol. The average molecular weight is 412 g/mol. The normalized spacial score (nSPS) is 34.1. The number of H-pyrrole nitrogens is 1. The number of halogens is 2. The first-order valence-electron chi connectivity index (χ1n) is 6.40. The Morgan fingerprint density at radius 2 is 2.05 bits per heavy atom. The number of rotatable bonds is 2. The molecule has 2 saturated heterocycles. The lowest BCUT2D eigenvalue weighted by atomic mass is 10.1. The van der Waals surface area contributed by atoms with Crippen LogP contribution in [0.5, 0.6) is 0 Å². The van der Waals surface area contributed by atoms with Crippen molar-refractivity contribution in [1.82, 2.24) is 9.55 Å². The molecule has 21 heavy (non-hydrogen) atoms. The molecule has 2 fully saturated rings. The third-order valence-corrected chi connectivity index (χ3v) is 4.34. The molecule has 0 aromatic carbocycles. The van der Waals surface area contributed by atoms with Gasteiger partial charge in [0, 0.05) is 4.43 Å². The summed E-state index contributed by atoms with van der Waals surface area (Å²) in [5.41, 5.74) is -1.80. The van der Waals surface area contributed by atoms with E-state index in [-0.39, 0.29) is 12.2 Å². The van der Waals surface area contributed by atoms with Crippen LogP contribution in [0.3, 0.4) is 0 Å². The molecular formula is C12H14FIN2O5. The number of hydrogen-bond acceptors (Lipinski definition) is 5. The van der Waals surface area contributed by atoms with Crippen molar-refractivity contribution >= 4 is 22.6 Å². The third kappa shape index (κ3) is 2.56. The van der Waals surface area contributed by atoms with Gasteiger partial charge in [0.1, 0.15) is 12.2 Å². The smallest absolute Gasteiger partial charge is 0.330 e. The number of hydrogen-bond donors (Lipinski definition) is 1. The standard InChI is InChI=1S/C12H14FIN2O5/c1-12(2)20-7-6(3-14)19-10(8(7)21-12)16-4-5(13)9(17)15-11(16)18/h4,6-8,10H,3H2,1-2H3,(H,15,17,18). The van der Waals surface area contributed by atoms with Gasteiger partial charge in [0.25, 0.3) is 5.56 Å². The zero-order chi connectivity index (χ0) is 15.4. The van der Waals surface area contributed by atoms with Gasteiger partial charge in [-0.05, 0) is 13.8 Å². The molecule has 2 aliphatic rings. The number of aromatic nitrogens is 2. The van der Waals surface area contributed by atoms with Crippen LogP contribution in [0.4, 0.5) is 4.39 Å². The highest BCUT2D eigenvalue weighted by molar-refractivity contribution is 14.1. The van der Waals surface area contributed by atoms with E-state index in [1.165, 1.54) is 0 Å². The zero-order valence-electron chi connectivity index (χ0n) is 11.3. The van der Waals surface area contributed by atoms with Crippen LogP contribution in [0.25, 0.3) is 0 Å². The molecule has 0 amide bonds. The molecule has 3 rings (SSSR count).